The van der Waals surface area contributed by atoms with Crippen LogP contribution in [0.5, 0.6) is 0 Å². The van der Waals surface area contributed by atoms with E-state index in [2.05, 4.69) is 0 Å². The lowest BCUT2D eigenvalue weighted by molar-refractivity contribution is -0.141. The normalized spacial score (nSPS) is 27.5. The number of carboxylic acid groups (broad SMARTS) is 1. The van der Waals surface area contributed by atoms with E-state index in [1.165, 1.54) is 12.8 Å². The number of ether oxygens (including phenoxy) is 1. The van der Waals surface area contributed by atoms with Crippen molar-refractivity contribution >= 4 is 17.8 Å². The van der Waals surface area contributed by atoms with Crippen molar-refractivity contribution in [1.82, 2.24) is 0 Å². The molecule has 110 valence electrons. The molecule has 19 heavy (non-hydrogen) atoms. The van der Waals surface area contributed by atoms with Gasteiger partial charge in [-0.15, -0.1) is 11.6 Å². The first-order chi connectivity index (χ1) is 9.02. The molecule has 0 aliphatic heterocycles. The molecule has 1 N–H and O–H groups in total. The van der Waals surface area contributed by atoms with Gasteiger partial charge < -0.3 is 9.84 Å². The first kappa shape index (κ1) is 15.0. The third-order valence-corrected chi connectivity index (χ3v) is 5.78. The maximum atomic E-state index is 11.2. The molecule has 0 amide bonds. The molecule has 0 aromatic heterocycles. The van der Waals surface area contributed by atoms with Gasteiger partial charge in [-0.05, 0) is 45.4 Å². The summed E-state index contributed by atoms with van der Waals surface area (Å²) in [5.74, 6) is 0. The Morgan fingerprint density at radius 2 is 1.53 bits per heavy atom. The fraction of sp³-hybridized carbons (Fsp3) is 0.933. The fourth-order valence-corrected chi connectivity index (χ4v) is 4.81. The summed E-state index contributed by atoms with van der Waals surface area (Å²) in [6, 6.07) is 0. The molecule has 4 heteroatoms. The molecule has 0 aromatic carbocycles. The highest BCUT2D eigenvalue weighted by Gasteiger charge is 2.56. The van der Waals surface area contributed by atoms with Crippen LogP contribution in [0.1, 0.15) is 71.1 Å². The van der Waals surface area contributed by atoms with Crippen molar-refractivity contribution in [3.63, 3.8) is 0 Å². The number of carbonyl (C=O) groups is 1. The number of halogens is 1. The molecule has 3 nitrogen and oxygen atoms in total. The summed E-state index contributed by atoms with van der Waals surface area (Å²) in [5.41, 5.74) is -0.704. The lowest BCUT2D eigenvalue weighted by Gasteiger charge is -2.54. The minimum absolute atomic E-state index is 0.0368. The molecular formula is C15H25ClO3. The van der Waals surface area contributed by atoms with E-state index in [0.717, 1.165) is 51.4 Å². The van der Waals surface area contributed by atoms with Crippen molar-refractivity contribution in [3.05, 3.63) is 0 Å². The summed E-state index contributed by atoms with van der Waals surface area (Å²) in [5, 5.41) is 9.16. The lowest BCUT2D eigenvalue weighted by atomic mass is 9.57. The van der Waals surface area contributed by atoms with E-state index in [0.29, 0.717) is 0 Å². The van der Waals surface area contributed by atoms with Gasteiger partial charge in [-0.25, -0.2) is 4.79 Å². The molecule has 0 heterocycles. The predicted molar refractivity (Wildman–Crippen MR) is 75.8 cm³/mol. The van der Waals surface area contributed by atoms with Crippen molar-refractivity contribution in [2.24, 2.45) is 5.41 Å². The molecule has 0 saturated heterocycles. The van der Waals surface area contributed by atoms with Crippen LogP contribution >= 0.6 is 11.6 Å². The Balaban J connectivity index is 2.34. The second-order valence-electron chi connectivity index (χ2n) is 6.26. The molecule has 0 radical (unpaired) electrons. The summed E-state index contributed by atoms with van der Waals surface area (Å²) < 4.78 is 5.52. The molecule has 1 atom stereocenters. The second kappa shape index (κ2) is 5.90. The highest BCUT2D eigenvalue weighted by atomic mass is 35.5. The van der Waals surface area contributed by atoms with Gasteiger partial charge in [0.15, 0.2) is 0 Å². The SMILES string of the molecule is CC(Cl)C1(C2(OC(=O)O)CCCCC2)CCCCC1. The van der Waals surface area contributed by atoms with E-state index in [1.807, 2.05) is 6.92 Å². The third kappa shape index (κ3) is 2.72. The van der Waals surface area contributed by atoms with E-state index in [4.69, 9.17) is 16.3 Å². The highest BCUT2D eigenvalue weighted by molar-refractivity contribution is 6.21. The maximum Gasteiger partial charge on any atom is 0.506 e. The zero-order chi connectivity index (χ0) is 13.9. The van der Waals surface area contributed by atoms with Gasteiger partial charge in [0, 0.05) is 10.8 Å². The topological polar surface area (TPSA) is 46.5 Å². The van der Waals surface area contributed by atoms with Crippen LogP contribution in [0.25, 0.3) is 0 Å². The van der Waals surface area contributed by atoms with Gasteiger partial charge in [-0.3, -0.25) is 0 Å². The van der Waals surface area contributed by atoms with Crippen LogP contribution in [0.2, 0.25) is 0 Å². The molecular weight excluding hydrogens is 264 g/mol. The molecule has 2 saturated carbocycles. The van der Waals surface area contributed by atoms with Gasteiger partial charge in [0.25, 0.3) is 0 Å². The summed E-state index contributed by atoms with van der Waals surface area (Å²) in [6.07, 6.45) is 9.36. The summed E-state index contributed by atoms with van der Waals surface area (Å²) >= 11 is 6.55. The number of alkyl halides is 1. The second-order valence-corrected chi connectivity index (χ2v) is 6.91. The van der Waals surface area contributed by atoms with Crippen LogP contribution in [0, 0.1) is 5.41 Å². The number of rotatable bonds is 3. The predicted octanol–water partition coefficient (Wildman–Crippen LogP) is 4.96. The van der Waals surface area contributed by atoms with E-state index in [1.54, 1.807) is 0 Å². The van der Waals surface area contributed by atoms with Gasteiger partial charge in [0.1, 0.15) is 5.60 Å². The zero-order valence-electron chi connectivity index (χ0n) is 11.8. The van der Waals surface area contributed by atoms with Gasteiger partial charge in [0.05, 0.1) is 0 Å². The molecule has 0 aromatic rings. The van der Waals surface area contributed by atoms with Gasteiger partial charge in [-0.2, -0.15) is 0 Å². The minimum atomic E-state index is -1.14. The first-order valence-corrected chi connectivity index (χ1v) is 8.02. The van der Waals surface area contributed by atoms with Crippen LogP contribution < -0.4 is 0 Å². The van der Waals surface area contributed by atoms with E-state index in [9.17, 15) is 9.90 Å². The van der Waals surface area contributed by atoms with Crippen molar-refractivity contribution < 1.29 is 14.6 Å². The Hall–Kier alpha value is -0.440. The van der Waals surface area contributed by atoms with Crippen LogP contribution in [-0.2, 0) is 4.74 Å². The molecule has 0 spiro atoms. The van der Waals surface area contributed by atoms with Crippen molar-refractivity contribution in [2.45, 2.75) is 82.1 Å². The molecule has 2 aliphatic rings. The van der Waals surface area contributed by atoms with E-state index >= 15 is 0 Å². The summed E-state index contributed by atoms with van der Waals surface area (Å²) in [7, 11) is 0. The summed E-state index contributed by atoms with van der Waals surface area (Å²) in [4.78, 5) is 11.2. The third-order valence-electron chi connectivity index (χ3n) is 5.36. The Kier molecular flexibility index (Phi) is 4.65. The lowest BCUT2D eigenvalue weighted by Crippen LogP contribution is -2.57. The minimum Gasteiger partial charge on any atom is -0.450 e. The maximum absolute atomic E-state index is 11.2. The van der Waals surface area contributed by atoms with Crippen molar-refractivity contribution in [1.29, 1.82) is 0 Å². The van der Waals surface area contributed by atoms with Gasteiger partial charge in [0.2, 0.25) is 0 Å². The number of hydrogen-bond donors (Lipinski definition) is 1. The zero-order valence-corrected chi connectivity index (χ0v) is 12.5. The van der Waals surface area contributed by atoms with E-state index in [-0.39, 0.29) is 10.8 Å². The first-order valence-electron chi connectivity index (χ1n) is 7.58. The van der Waals surface area contributed by atoms with Crippen molar-refractivity contribution in [3.8, 4) is 0 Å². The molecule has 2 fully saturated rings. The quantitative estimate of drug-likeness (QED) is 0.589. The smallest absolute Gasteiger partial charge is 0.450 e. The van der Waals surface area contributed by atoms with E-state index < -0.39 is 11.8 Å². The van der Waals surface area contributed by atoms with Crippen LogP contribution in [-0.4, -0.2) is 22.2 Å². The largest absolute Gasteiger partial charge is 0.506 e. The van der Waals surface area contributed by atoms with Gasteiger partial charge >= 0.3 is 6.16 Å². The summed E-state index contributed by atoms with van der Waals surface area (Å²) in [6.45, 7) is 2.02. The molecule has 2 rings (SSSR count). The molecule has 2 aliphatic carbocycles. The van der Waals surface area contributed by atoms with Crippen LogP contribution in [0.4, 0.5) is 4.79 Å². The standard InChI is InChI=1S/C15H25ClO3/c1-12(16)14(8-4-2-5-9-14)15(19-13(17)18)10-6-3-7-11-15/h12H,2-11H2,1H3,(H,17,18). The van der Waals surface area contributed by atoms with Crippen LogP contribution in [0.3, 0.4) is 0 Å². The molecule has 0 bridgehead atoms. The van der Waals surface area contributed by atoms with Crippen LogP contribution in [0.15, 0.2) is 0 Å². The fourth-order valence-electron chi connectivity index (χ4n) is 4.39. The molecule has 1 unspecified atom stereocenters. The average molecular weight is 289 g/mol. The Morgan fingerprint density at radius 3 is 1.95 bits per heavy atom. The monoisotopic (exact) mass is 288 g/mol. The van der Waals surface area contributed by atoms with Gasteiger partial charge in [-0.1, -0.05) is 25.7 Å². The highest BCUT2D eigenvalue weighted by Crippen LogP contribution is 2.56. The average Bonchev–Trinajstić information content (AvgIpc) is 2.39. The Labute approximate surface area is 120 Å². The number of hydrogen-bond acceptors (Lipinski definition) is 2. The Morgan fingerprint density at radius 1 is 1.05 bits per heavy atom. The van der Waals surface area contributed by atoms with Crippen molar-refractivity contribution in [2.75, 3.05) is 0 Å². The Bertz CT molecular complexity index is 315.